The molecule has 10 nitrogen and oxygen atoms in total. The van der Waals surface area contributed by atoms with Crippen LogP contribution in [0.4, 0.5) is 9.59 Å². The lowest BCUT2D eigenvalue weighted by molar-refractivity contribution is -0.134. The quantitative estimate of drug-likeness (QED) is 0.430. The molecule has 4 aliphatic rings. The summed E-state index contributed by atoms with van der Waals surface area (Å²) >= 11 is 0. The minimum atomic E-state index is -1.07. The molecule has 0 aromatic heterocycles. The predicted octanol–water partition coefficient (Wildman–Crippen LogP) is 0.607. The molecular weight excluding hydrogens is 380 g/mol. The SMILES string of the molecule is CCC1(C)C(=O)N(CC2CO2)C(=O)N1CN1C(=O)N(CC2CO2)C(=O)C1(C)CC. The van der Waals surface area contributed by atoms with E-state index >= 15 is 0 Å². The third kappa shape index (κ3) is 3.00. The Morgan fingerprint density at radius 1 is 0.793 bits per heavy atom. The third-order valence-electron chi connectivity index (χ3n) is 6.76. The van der Waals surface area contributed by atoms with Crippen molar-refractivity contribution in [2.24, 2.45) is 0 Å². The second-order valence-electron chi connectivity index (χ2n) is 8.56. The van der Waals surface area contributed by atoms with Gasteiger partial charge in [0.15, 0.2) is 0 Å². The van der Waals surface area contributed by atoms with Crippen LogP contribution in [0.5, 0.6) is 0 Å². The number of nitrogens with zero attached hydrogens (tertiary/aromatic N) is 4. The van der Waals surface area contributed by atoms with Crippen LogP contribution in [0.2, 0.25) is 0 Å². The zero-order chi connectivity index (χ0) is 21.1. The fourth-order valence-electron chi connectivity index (χ4n) is 4.03. The minimum Gasteiger partial charge on any atom is -0.371 e. The van der Waals surface area contributed by atoms with Crippen LogP contribution in [-0.2, 0) is 19.1 Å². The number of hydrogen-bond acceptors (Lipinski definition) is 6. The first kappa shape index (κ1) is 20.1. The molecule has 0 aliphatic carbocycles. The summed E-state index contributed by atoms with van der Waals surface area (Å²) in [6.07, 6.45) is 0.568. The lowest BCUT2D eigenvalue weighted by atomic mass is 9.95. The first-order valence-corrected chi connectivity index (χ1v) is 10.2. The third-order valence-corrected chi connectivity index (χ3v) is 6.76. The molecule has 0 spiro atoms. The van der Waals surface area contributed by atoms with Crippen molar-refractivity contribution < 1.29 is 28.7 Å². The van der Waals surface area contributed by atoms with Crippen molar-refractivity contribution in [3.05, 3.63) is 0 Å². The van der Waals surface area contributed by atoms with Gasteiger partial charge in [-0.2, -0.15) is 0 Å². The summed E-state index contributed by atoms with van der Waals surface area (Å²) < 4.78 is 10.4. The number of rotatable bonds is 8. The van der Waals surface area contributed by atoms with Crippen molar-refractivity contribution in [3.8, 4) is 0 Å². The normalized spacial score (nSPS) is 36.7. The first-order valence-electron chi connectivity index (χ1n) is 10.2. The Hall–Kier alpha value is -2.20. The van der Waals surface area contributed by atoms with Gasteiger partial charge in [-0.3, -0.25) is 29.2 Å². The Morgan fingerprint density at radius 2 is 1.14 bits per heavy atom. The van der Waals surface area contributed by atoms with E-state index in [1.54, 1.807) is 13.8 Å². The average molecular weight is 408 g/mol. The molecule has 0 N–H and O–H groups in total. The summed E-state index contributed by atoms with van der Waals surface area (Å²) in [6.45, 7) is 8.47. The van der Waals surface area contributed by atoms with E-state index in [0.717, 1.165) is 0 Å². The highest BCUT2D eigenvalue weighted by Gasteiger charge is 2.59. The molecule has 0 bridgehead atoms. The molecule has 0 aromatic rings. The van der Waals surface area contributed by atoms with Crippen molar-refractivity contribution in [3.63, 3.8) is 0 Å². The molecule has 4 aliphatic heterocycles. The van der Waals surface area contributed by atoms with Gasteiger partial charge in [-0.25, -0.2) is 9.59 Å². The first-order chi connectivity index (χ1) is 13.7. The maximum absolute atomic E-state index is 13.1. The topological polar surface area (TPSA) is 106 Å². The van der Waals surface area contributed by atoms with Gasteiger partial charge in [0, 0.05) is 0 Å². The van der Waals surface area contributed by atoms with Gasteiger partial charge in [-0.15, -0.1) is 0 Å². The predicted molar refractivity (Wildman–Crippen MR) is 99.6 cm³/mol. The van der Waals surface area contributed by atoms with Gasteiger partial charge < -0.3 is 9.47 Å². The molecule has 4 heterocycles. The van der Waals surface area contributed by atoms with Crippen molar-refractivity contribution in [2.45, 2.75) is 63.8 Å². The Labute approximate surface area is 169 Å². The summed E-state index contributed by atoms with van der Waals surface area (Å²) in [5, 5.41) is 0. The van der Waals surface area contributed by atoms with E-state index in [1.165, 1.54) is 19.6 Å². The van der Waals surface area contributed by atoms with E-state index in [-0.39, 0.29) is 43.8 Å². The van der Waals surface area contributed by atoms with Crippen LogP contribution in [0.15, 0.2) is 0 Å². The molecule has 160 valence electrons. The number of ether oxygens (including phenoxy) is 2. The van der Waals surface area contributed by atoms with E-state index in [0.29, 0.717) is 26.1 Å². The van der Waals surface area contributed by atoms with Crippen molar-refractivity contribution >= 4 is 23.9 Å². The minimum absolute atomic E-state index is 0.117. The second-order valence-corrected chi connectivity index (χ2v) is 8.56. The van der Waals surface area contributed by atoms with Crippen LogP contribution in [-0.4, -0.2) is 99.7 Å². The smallest absolute Gasteiger partial charge is 0.329 e. The number of hydrogen-bond donors (Lipinski definition) is 0. The number of carbonyl (C=O) groups is 4. The molecule has 0 radical (unpaired) electrons. The van der Waals surface area contributed by atoms with Gasteiger partial charge >= 0.3 is 12.1 Å². The lowest BCUT2D eigenvalue weighted by Gasteiger charge is -2.38. The van der Waals surface area contributed by atoms with E-state index in [9.17, 15) is 19.2 Å². The standard InChI is InChI=1S/C19H28N4O6/c1-5-18(3)14(24)20(7-12-9-28-12)16(26)22(18)11-23-17(27)21(8-13-10-29-13)15(25)19(23,4)6-2/h12-13H,5-11H2,1-4H3. The maximum atomic E-state index is 13.1. The van der Waals surface area contributed by atoms with Crippen LogP contribution >= 0.6 is 0 Å². The molecule has 0 aromatic carbocycles. The summed E-state index contributed by atoms with van der Waals surface area (Å²) in [7, 11) is 0. The molecule has 4 saturated heterocycles. The molecule has 4 unspecified atom stereocenters. The van der Waals surface area contributed by atoms with Crippen molar-refractivity contribution in [2.75, 3.05) is 33.0 Å². The van der Waals surface area contributed by atoms with E-state index in [2.05, 4.69) is 0 Å². The highest BCUT2D eigenvalue weighted by atomic mass is 16.6. The molecule has 4 rings (SSSR count). The van der Waals surface area contributed by atoms with Crippen molar-refractivity contribution in [1.29, 1.82) is 0 Å². The average Bonchev–Trinajstić information content (AvgIpc) is 3.62. The molecular formula is C19H28N4O6. The Kier molecular flexibility index (Phi) is 4.62. The molecule has 29 heavy (non-hydrogen) atoms. The summed E-state index contributed by atoms with van der Waals surface area (Å²) in [4.78, 5) is 57.5. The van der Waals surface area contributed by atoms with Gasteiger partial charge in [0.2, 0.25) is 0 Å². The summed E-state index contributed by atoms with van der Waals surface area (Å²) in [5.41, 5.74) is -2.14. The molecule has 0 saturated carbocycles. The van der Waals surface area contributed by atoms with E-state index in [1.807, 2.05) is 13.8 Å². The number of urea groups is 2. The molecule has 6 amide bonds. The number of epoxide rings is 2. The highest BCUT2D eigenvalue weighted by molar-refractivity contribution is 6.08. The molecule has 10 heteroatoms. The zero-order valence-corrected chi connectivity index (χ0v) is 17.3. The van der Waals surface area contributed by atoms with Gasteiger partial charge in [0.25, 0.3) is 11.8 Å². The van der Waals surface area contributed by atoms with Crippen LogP contribution in [0.1, 0.15) is 40.5 Å². The zero-order valence-electron chi connectivity index (χ0n) is 17.3. The van der Waals surface area contributed by atoms with Gasteiger partial charge in [0.1, 0.15) is 17.7 Å². The Bertz CT molecular complexity index is 704. The van der Waals surface area contributed by atoms with E-state index < -0.39 is 23.1 Å². The maximum Gasteiger partial charge on any atom is 0.329 e. The van der Waals surface area contributed by atoms with Crippen molar-refractivity contribution in [1.82, 2.24) is 19.6 Å². The molecule has 4 fully saturated rings. The Balaban J connectivity index is 1.61. The second kappa shape index (κ2) is 6.66. The van der Waals surface area contributed by atoms with Gasteiger partial charge in [-0.05, 0) is 26.7 Å². The number of amides is 6. The van der Waals surface area contributed by atoms with Crippen LogP contribution in [0.3, 0.4) is 0 Å². The summed E-state index contributed by atoms with van der Waals surface area (Å²) in [5.74, 6) is -0.583. The van der Waals surface area contributed by atoms with Gasteiger partial charge in [-0.1, -0.05) is 13.8 Å². The van der Waals surface area contributed by atoms with Crippen LogP contribution < -0.4 is 0 Å². The summed E-state index contributed by atoms with van der Waals surface area (Å²) in [6, 6.07) is -0.893. The fourth-order valence-corrected chi connectivity index (χ4v) is 4.03. The largest absolute Gasteiger partial charge is 0.371 e. The Morgan fingerprint density at radius 3 is 1.41 bits per heavy atom. The number of carbonyl (C=O) groups excluding carboxylic acids is 4. The van der Waals surface area contributed by atoms with Gasteiger partial charge in [0.05, 0.1) is 38.5 Å². The monoisotopic (exact) mass is 408 g/mol. The van der Waals surface area contributed by atoms with E-state index in [4.69, 9.17) is 9.47 Å². The number of imide groups is 2. The fraction of sp³-hybridized carbons (Fsp3) is 0.789. The molecule has 4 atom stereocenters. The lowest BCUT2D eigenvalue weighted by Crippen LogP contribution is -2.56. The highest BCUT2D eigenvalue weighted by Crippen LogP contribution is 2.37. The van der Waals surface area contributed by atoms with Crippen LogP contribution in [0, 0.1) is 0 Å². The van der Waals surface area contributed by atoms with Crippen LogP contribution in [0.25, 0.3) is 0 Å².